The predicted molar refractivity (Wildman–Crippen MR) is 114 cm³/mol. The zero-order valence-electron chi connectivity index (χ0n) is 14.3. The largest absolute Gasteiger partial charge is 0.478 e. The number of hydrogen-bond acceptors (Lipinski definition) is 2. The molecule has 0 saturated heterocycles. The maximum atomic E-state index is 11.1. The van der Waals surface area contributed by atoms with E-state index < -0.39 is 5.97 Å². The number of benzene rings is 3. The van der Waals surface area contributed by atoms with E-state index in [0.717, 1.165) is 26.3 Å². The molecule has 0 aliphatic rings. The fourth-order valence-electron chi connectivity index (χ4n) is 3.04. The third-order valence-electron chi connectivity index (χ3n) is 4.35. The normalized spacial score (nSPS) is 11.0. The van der Waals surface area contributed by atoms with Gasteiger partial charge in [-0.3, -0.25) is 0 Å². The van der Waals surface area contributed by atoms with Crippen LogP contribution in [0.3, 0.4) is 0 Å². The molecular formula is C22H16BrNO2S. The van der Waals surface area contributed by atoms with Gasteiger partial charge in [-0.05, 0) is 54.1 Å². The SMILES string of the molecule is O=C(O)c1cccc(SCc2cccc(-n3ccc4c(Br)cccc43)c2)c1. The van der Waals surface area contributed by atoms with E-state index in [9.17, 15) is 4.79 Å². The highest BCUT2D eigenvalue weighted by molar-refractivity contribution is 9.10. The monoisotopic (exact) mass is 437 g/mol. The van der Waals surface area contributed by atoms with Crippen LogP contribution in [0.5, 0.6) is 0 Å². The van der Waals surface area contributed by atoms with Crippen LogP contribution in [0.4, 0.5) is 0 Å². The second kappa shape index (κ2) is 7.62. The number of halogens is 1. The quantitative estimate of drug-likeness (QED) is 0.368. The zero-order chi connectivity index (χ0) is 18.8. The first kappa shape index (κ1) is 17.9. The first-order valence-corrected chi connectivity index (χ1v) is 10.2. The van der Waals surface area contributed by atoms with Gasteiger partial charge in [0.15, 0.2) is 0 Å². The van der Waals surface area contributed by atoms with E-state index in [2.05, 4.69) is 63.1 Å². The number of thioether (sulfide) groups is 1. The molecule has 27 heavy (non-hydrogen) atoms. The fourth-order valence-corrected chi connectivity index (χ4v) is 4.42. The molecule has 4 aromatic rings. The predicted octanol–water partition coefficient (Wildman–Crippen LogP) is 6.38. The van der Waals surface area contributed by atoms with Crippen molar-refractivity contribution in [1.29, 1.82) is 0 Å². The molecule has 0 amide bonds. The van der Waals surface area contributed by atoms with Gasteiger partial charge in [0, 0.05) is 32.4 Å². The first-order valence-electron chi connectivity index (χ1n) is 8.43. The Labute approximate surface area is 169 Å². The Hall–Kier alpha value is -2.50. The molecular weight excluding hydrogens is 422 g/mol. The highest BCUT2D eigenvalue weighted by Gasteiger charge is 2.07. The summed E-state index contributed by atoms with van der Waals surface area (Å²) in [5.74, 6) is -0.120. The van der Waals surface area contributed by atoms with Crippen molar-refractivity contribution < 1.29 is 9.90 Å². The molecule has 5 heteroatoms. The molecule has 0 unspecified atom stereocenters. The van der Waals surface area contributed by atoms with Gasteiger partial charge in [0.1, 0.15) is 0 Å². The van der Waals surface area contributed by atoms with Crippen molar-refractivity contribution in [1.82, 2.24) is 4.57 Å². The van der Waals surface area contributed by atoms with E-state index in [1.807, 2.05) is 18.2 Å². The van der Waals surface area contributed by atoms with E-state index in [1.54, 1.807) is 30.0 Å². The standard InChI is InChI=1S/C22H16BrNO2S/c23-20-8-3-9-21-19(20)10-11-24(21)17-6-1-4-15(12-17)14-27-18-7-2-5-16(13-18)22(25)26/h1-13H,14H2,(H,25,26). The highest BCUT2D eigenvalue weighted by atomic mass is 79.9. The molecule has 0 bridgehead atoms. The summed E-state index contributed by atoms with van der Waals surface area (Å²) in [6.45, 7) is 0. The third-order valence-corrected chi connectivity index (χ3v) is 6.11. The van der Waals surface area contributed by atoms with Crippen molar-refractivity contribution in [2.75, 3.05) is 0 Å². The second-order valence-corrected chi connectivity index (χ2v) is 8.05. The number of carbonyl (C=O) groups is 1. The number of carboxylic acids is 1. The lowest BCUT2D eigenvalue weighted by molar-refractivity contribution is 0.0696. The molecule has 1 aromatic heterocycles. The molecule has 1 N–H and O–H groups in total. The van der Waals surface area contributed by atoms with Crippen LogP contribution in [-0.4, -0.2) is 15.6 Å². The smallest absolute Gasteiger partial charge is 0.335 e. The van der Waals surface area contributed by atoms with Crippen LogP contribution in [0.25, 0.3) is 16.6 Å². The van der Waals surface area contributed by atoms with E-state index in [-0.39, 0.29) is 0 Å². The minimum atomic E-state index is -0.898. The molecule has 0 aliphatic heterocycles. The van der Waals surface area contributed by atoms with Gasteiger partial charge in [-0.2, -0.15) is 0 Å². The summed E-state index contributed by atoms with van der Waals surface area (Å²) in [4.78, 5) is 12.1. The Bertz CT molecular complexity index is 1140. The Morgan fingerprint density at radius 3 is 2.67 bits per heavy atom. The minimum absolute atomic E-state index is 0.318. The summed E-state index contributed by atoms with van der Waals surface area (Å²) >= 11 is 5.24. The molecule has 0 fully saturated rings. The van der Waals surface area contributed by atoms with E-state index >= 15 is 0 Å². The fraction of sp³-hybridized carbons (Fsp3) is 0.0455. The van der Waals surface area contributed by atoms with Gasteiger partial charge < -0.3 is 9.67 Å². The molecule has 3 aromatic carbocycles. The van der Waals surface area contributed by atoms with Crippen molar-refractivity contribution in [2.24, 2.45) is 0 Å². The van der Waals surface area contributed by atoms with Crippen molar-refractivity contribution in [3.63, 3.8) is 0 Å². The lowest BCUT2D eigenvalue weighted by atomic mass is 10.2. The Morgan fingerprint density at radius 2 is 1.81 bits per heavy atom. The Morgan fingerprint density at radius 1 is 1.00 bits per heavy atom. The topological polar surface area (TPSA) is 42.2 Å². The van der Waals surface area contributed by atoms with Gasteiger partial charge in [-0.1, -0.05) is 40.2 Å². The van der Waals surface area contributed by atoms with Crippen LogP contribution in [0.2, 0.25) is 0 Å². The lowest BCUT2D eigenvalue weighted by Crippen LogP contribution is -1.95. The average Bonchev–Trinajstić information content (AvgIpc) is 3.12. The van der Waals surface area contributed by atoms with Gasteiger partial charge in [0.25, 0.3) is 0 Å². The summed E-state index contributed by atoms with van der Waals surface area (Å²) in [5, 5.41) is 10.3. The van der Waals surface area contributed by atoms with Crippen molar-refractivity contribution >= 4 is 44.6 Å². The summed E-state index contributed by atoms with van der Waals surface area (Å²) < 4.78 is 3.27. The van der Waals surface area contributed by atoms with Gasteiger partial charge in [0.2, 0.25) is 0 Å². The highest BCUT2D eigenvalue weighted by Crippen LogP contribution is 2.29. The summed E-state index contributed by atoms with van der Waals surface area (Å²) in [6, 6.07) is 23.8. The van der Waals surface area contributed by atoms with E-state index in [0.29, 0.717) is 5.56 Å². The Balaban J connectivity index is 1.58. The number of nitrogens with zero attached hydrogens (tertiary/aromatic N) is 1. The number of aromatic carboxylic acids is 1. The third kappa shape index (κ3) is 3.80. The molecule has 0 aliphatic carbocycles. The van der Waals surface area contributed by atoms with Crippen LogP contribution in [0.15, 0.2) is 88.4 Å². The molecule has 4 rings (SSSR count). The molecule has 0 saturated carbocycles. The van der Waals surface area contributed by atoms with Crippen LogP contribution in [-0.2, 0) is 5.75 Å². The maximum Gasteiger partial charge on any atom is 0.335 e. The molecule has 0 atom stereocenters. The summed E-state index contributed by atoms with van der Waals surface area (Å²) in [5.41, 5.74) is 3.78. The Kier molecular flexibility index (Phi) is 5.05. The van der Waals surface area contributed by atoms with Gasteiger partial charge >= 0.3 is 5.97 Å². The molecule has 0 spiro atoms. The van der Waals surface area contributed by atoms with Crippen LogP contribution in [0, 0.1) is 0 Å². The number of carboxylic acid groups (broad SMARTS) is 1. The van der Waals surface area contributed by atoms with E-state index in [4.69, 9.17) is 5.11 Å². The summed E-state index contributed by atoms with van der Waals surface area (Å²) in [6.07, 6.45) is 2.08. The average molecular weight is 438 g/mol. The van der Waals surface area contributed by atoms with Crippen LogP contribution >= 0.6 is 27.7 Å². The van der Waals surface area contributed by atoms with Crippen molar-refractivity contribution in [3.05, 3.63) is 94.6 Å². The van der Waals surface area contributed by atoms with Gasteiger partial charge in [-0.15, -0.1) is 11.8 Å². The zero-order valence-corrected chi connectivity index (χ0v) is 16.7. The number of rotatable bonds is 5. The molecule has 3 nitrogen and oxygen atoms in total. The molecule has 134 valence electrons. The molecule has 1 heterocycles. The van der Waals surface area contributed by atoms with Gasteiger partial charge in [0.05, 0.1) is 11.1 Å². The number of hydrogen-bond donors (Lipinski definition) is 1. The minimum Gasteiger partial charge on any atom is -0.478 e. The van der Waals surface area contributed by atoms with E-state index in [1.165, 1.54) is 10.9 Å². The summed E-state index contributed by atoms with van der Waals surface area (Å²) in [7, 11) is 0. The number of fused-ring (bicyclic) bond motifs is 1. The van der Waals surface area contributed by atoms with Crippen molar-refractivity contribution in [2.45, 2.75) is 10.6 Å². The maximum absolute atomic E-state index is 11.1. The first-order chi connectivity index (χ1) is 13.1. The number of aromatic nitrogens is 1. The molecule has 0 radical (unpaired) electrons. The second-order valence-electron chi connectivity index (χ2n) is 6.15. The van der Waals surface area contributed by atoms with Crippen molar-refractivity contribution in [3.8, 4) is 5.69 Å². The lowest BCUT2D eigenvalue weighted by Gasteiger charge is -2.09. The van der Waals surface area contributed by atoms with Gasteiger partial charge in [-0.25, -0.2) is 4.79 Å². The van der Waals surface area contributed by atoms with Crippen LogP contribution in [0.1, 0.15) is 15.9 Å². The van der Waals surface area contributed by atoms with Crippen LogP contribution < -0.4 is 0 Å².